The van der Waals surface area contributed by atoms with E-state index >= 15 is 0 Å². The molecule has 7 atom stereocenters. The van der Waals surface area contributed by atoms with Crippen molar-refractivity contribution >= 4 is 11.9 Å². The van der Waals surface area contributed by atoms with Crippen LogP contribution in [0.25, 0.3) is 0 Å². The minimum atomic E-state index is -0.209. The molecule has 3 fully saturated rings. The van der Waals surface area contributed by atoms with Gasteiger partial charge in [0.2, 0.25) is 0 Å². The highest BCUT2D eigenvalue weighted by molar-refractivity contribution is 5.90. The molecule has 0 heterocycles. The second kappa shape index (κ2) is 9.45. The normalized spacial score (nSPS) is 36.4. The highest BCUT2D eigenvalue weighted by Crippen LogP contribution is 2.65. The van der Waals surface area contributed by atoms with Crippen molar-refractivity contribution in [1.82, 2.24) is 0 Å². The zero-order valence-corrected chi connectivity index (χ0v) is 22.0. The summed E-state index contributed by atoms with van der Waals surface area (Å²) in [6.07, 6.45) is 10.8. The van der Waals surface area contributed by atoms with Gasteiger partial charge < -0.3 is 9.47 Å². The predicted molar refractivity (Wildman–Crippen MR) is 143 cm³/mol. The third kappa shape index (κ3) is 4.23. The first kappa shape index (κ1) is 24.5. The molecule has 4 aliphatic carbocycles. The molecule has 2 aromatic carbocycles. The molecule has 37 heavy (non-hydrogen) atoms. The fourth-order valence-corrected chi connectivity index (χ4v) is 8.44. The van der Waals surface area contributed by atoms with E-state index in [1.54, 1.807) is 0 Å². The van der Waals surface area contributed by atoms with Crippen molar-refractivity contribution < 1.29 is 19.1 Å². The number of hydrogen-bond donors (Lipinski definition) is 0. The van der Waals surface area contributed by atoms with Crippen LogP contribution in [-0.4, -0.2) is 24.1 Å². The van der Waals surface area contributed by atoms with Crippen LogP contribution in [0.1, 0.15) is 85.9 Å². The number of hydrogen-bond acceptors (Lipinski definition) is 4. The monoisotopic (exact) mass is 498 g/mol. The predicted octanol–water partition coefficient (Wildman–Crippen LogP) is 7.40. The highest BCUT2D eigenvalue weighted by Gasteiger charge is 2.59. The van der Waals surface area contributed by atoms with E-state index in [1.807, 2.05) is 60.7 Å². The van der Waals surface area contributed by atoms with Crippen LogP contribution >= 0.6 is 0 Å². The van der Waals surface area contributed by atoms with Crippen LogP contribution in [0.15, 0.2) is 72.3 Å². The lowest BCUT2D eigenvalue weighted by Gasteiger charge is -2.57. The third-order valence-electron chi connectivity index (χ3n) is 10.5. The summed E-state index contributed by atoms with van der Waals surface area (Å²) < 4.78 is 12.1. The maximum Gasteiger partial charge on any atom is 0.338 e. The minimum absolute atomic E-state index is 0.00234. The number of carbonyl (C=O) groups excluding carboxylic acids is 2. The van der Waals surface area contributed by atoms with Crippen molar-refractivity contribution in [3.8, 4) is 0 Å². The van der Waals surface area contributed by atoms with Crippen LogP contribution in [0.5, 0.6) is 0 Å². The molecule has 0 radical (unpaired) electrons. The molecule has 194 valence electrons. The van der Waals surface area contributed by atoms with Crippen molar-refractivity contribution in [3.05, 3.63) is 83.4 Å². The Labute approximate surface area is 220 Å². The van der Waals surface area contributed by atoms with E-state index in [0.29, 0.717) is 28.9 Å². The van der Waals surface area contributed by atoms with Crippen LogP contribution in [0.3, 0.4) is 0 Å². The molecule has 0 saturated heterocycles. The summed E-state index contributed by atoms with van der Waals surface area (Å²) >= 11 is 0. The summed E-state index contributed by atoms with van der Waals surface area (Å²) in [7, 11) is 0. The van der Waals surface area contributed by atoms with Crippen LogP contribution in [0.2, 0.25) is 0 Å². The van der Waals surface area contributed by atoms with Crippen molar-refractivity contribution in [2.75, 3.05) is 0 Å². The van der Waals surface area contributed by atoms with Gasteiger partial charge in [-0.1, -0.05) is 61.9 Å². The van der Waals surface area contributed by atoms with Gasteiger partial charge in [-0.25, -0.2) is 9.59 Å². The quantitative estimate of drug-likeness (QED) is 0.325. The van der Waals surface area contributed by atoms with Gasteiger partial charge in [-0.05, 0) is 92.4 Å². The number of allylic oxidation sites excluding steroid dienone is 1. The molecular formula is C33H38O4. The molecule has 5 unspecified atom stereocenters. The second-order valence-corrected chi connectivity index (χ2v) is 12.3. The largest absolute Gasteiger partial charge is 0.458 e. The van der Waals surface area contributed by atoms with Gasteiger partial charge in [-0.15, -0.1) is 0 Å². The van der Waals surface area contributed by atoms with Gasteiger partial charge in [0.15, 0.2) is 0 Å². The summed E-state index contributed by atoms with van der Waals surface area (Å²) in [6, 6.07) is 18.7. The Morgan fingerprint density at radius 3 is 2.08 bits per heavy atom. The van der Waals surface area contributed by atoms with E-state index in [9.17, 15) is 9.59 Å². The van der Waals surface area contributed by atoms with Crippen LogP contribution in [0, 0.1) is 28.6 Å². The van der Waals surface area contributed by atoms with E-state index < -0.39 is 0 Å². The maximum atomic E-state index is 12.9. The average Bonchev–Trinajstić information content (AvgIpc) is 3.25. The Balaban J connectivity index is 1.15. The van der Waals surface area contributed by atoms with E-state index in [4.69, 9.17) is 9.47 Å². The molecule has 2 aromatic rings. The lowest BCUT2D eigenvalue weighted by molar-refractivity contribution is -0.0787. The molecule has 0 N–H and O–H groups in total. The van der Waals surface area contributed by atoms with Gasteiger partial charge in [0, 0.05) is 11.8 Å². The lowest BCUT2D eigenvalue weighted by atomic mass is 9.48. The molecule has 0 aromatic heterocycles. The van der Waals surface area contributed by atoms with Crippen molar-refractivity contribution in [2.24, 2.45) is 28.6 Å². The Hall–Kier alpha value is -2.88. The summed E-state index contributed by atoms with van der Waals surface area (Å²) in [5.74, 6) is 1.48. The lowest BCUT2D eigenvalue weighted by Crippen LogP contribution is -2.51. The molecule has 4 aliphatic rings. The zero-order valence-electron chi connectivity index (χ0n) is 22.0. The third-order valence-corrected chi connectivity index (χ3v) is 10.5. The zero-order chi connectivity index (χ0) is 25.6. The van der Waals surface area contributed by atoms with E-state index in [2.05, 4.69) is 19.9 Å². The van der Waals surface area contributed by atoms with Gasteiger partial charge in [0.05, 0.1) is 11.1 Å². The van der Waals surface area contributed by atoms with Gasteiger partial charge in [-0.2, -0.15) is 0 Å². The molecule has 0 amide bonds. The summed E-state index contributed by atoms with van der Waals surface area (Å²) in [4.78, 5) is 25.5. The molecule has 0 aliphatic heterocycles. The first-order chi connectivity index (χ1) is 17.9. The Kier molecular flexibility index (Phi) is 6.25. The Morgan fingerprint density at radius 1 is 0.757 bits per heavy atom. The molecule has 4 heteroatoms. The number of benzene rings is 2. The number of esters is 2. The van der Waals surface area contributed by atoms with Gasteiger partial charge in [-0.3, -0.25) is 0 Å². The number of fused-ring (bicyclic) bond motifs is 5. The standard InChI is InChI=1S/C33H38O4/c1-32-19-17-25(36-30(34)22-9-5-3-6-10-22)21-24(32)13-14-26-27-15-16-29(33(27,2)20-18-28(26)32)37-31(35)23-11-7-4-8-12-23/h3-13,25-29H,14-21H2,1-2H3/t25?,26?,27?,28?,29?,32-,33-/m1/s1. The minimum Gasteiger partial charge on any atom is -0.458 e. The number of rotatable bonds is 4. The average molecular weight is 499 g/mol. The molecular weight excluding hydrogens is 460 g/mol. The van der Waals surface area contributed by atoms with Gasteiger partial charge >= 0.3 is 11.9 Å². The SMILES string of the molecule is C[C@@]12CCC3C(CC=C4CC(OC(=O)c5ccccc5)CC[C@]43C)C1CCC2OC(=O)c1ccccc1. The number of ether oxygens (including phenoxy) is 2. The van der Waals surface area contributed by atoms with Crippen LogP contribution in [0.4, 0.5) is 0 Å². The topological polar surface area (TPSA) is 52.6 Å². The first-order valence-corrected chi connectivity index (χ1v) is 14.1. The van der Waals surface area contributed by atoms with Crippen molar-refractivity contribution in [3.63, 3.8) is 0 Å². The van der Waals surface area contributed by atoms with E-state index in [0.717, 1.165) is 44.9 Å². The Bertz CT molecular complexity index is 1190. The molecule has 6 rings (SSSR count). The van der Waals surface area contributed by atoms with Gasteiger partial charge in [0.25, 0.3) is 0 Å². The maximum absolute atomic E-state index is 12.9. The van der Waals surface area contributed by atoms with E-state index in [1.165, 1.54) is 12.0 Å². The molecule has 3 saturated carbocycles. The summed E-state index contributed by atoms with van der Waals surface area (Å²) in [5, 5.41) is 0. The van der Waals surface area contributed by atoms with E-state index in [-0.39, 0.29) is 35.0 Å². The Morgan fingerprint density at radius 2 is 1.41 bits per heavy atom. The van der Waals surface area contributed by atoms with Crippen LogP contribution in [-0.2, 0) is 9.47 Å². The molecule has 4 nitrogen and oxygen atoms in total. The fraction of sp³-hybridized carbons (Fsp3) is 0.515. The van der Waals surface area contributed by atoms with Crippen LogP contribution < -0.4 is 0 Å². The molecule has 0 bridgehead atoms. The number of carbonyl (C=O) groups is 2. The smallest absolute Gasteiger partial charge is 0.338 e. The van der Waals surface area contributed by atoms with Gasteiger partial charge in [0.1, 0.15) is 12.2 Å². The first-order valence-electron chi connectivity index (χ1n) is 14.1. The second-order valence-electron chi connectivity index (χ2n) is 12.3. The fourth-order valence-electron chi connectivity index (χ4n) is 8.44. The summed E-state index contributed by atoms with van der Waals surface area (Å²) in [5.41, 5.74) is 3.00. The summed E-state index contributed by atoms with van der Waals surface area (Å²) in [6.45, 7) is 4.85. The van der Waals surface area contributed by atoms with Crippen molar-refractivity contribution in [1.29, 1.82) is 0 Å². The highest BCUT2D eigenvalue weighted by atomic mass is 16.5. The molecule has 0 spiro atoms. The van der Waals surface area contributed by atoms with Crippen molar-refractivity contribution in [2.45, 2.75) is 77.4 Å².